The minimum Gasteiger partial charge on any atom is -0.479 e. The van der Waals surface area contributed by atoms with Gasteiger partial charge in [0.25, 0.3) is 5.88 Å². The molecular formula is C16H19N3O5S. The third kappa shape index (κ3) is 4.11. The number of sulfonamides is 1. The minimum atomic E-state index is -3.20. The topological polar surface area (TPSA) is 102 Å². The number of anilines is 2. The first kappa shape index (κ1) is 17.3. The van der Waals surface area contributed by atoms with Gasteiger partial charge in [-0.2, -0.15) is 0 Å². The van der Waals surface area contributed by atoms with Crippen molar-refractivity contribution in [2.45, 2.75) is 19.3 Å². The molecule has 0 unspecified atom stereocenters. The zero-order valence-electron chi connectivity index (χ0n) is 13.8. The van der Waals surface area contributed by atoms with E-state index in [4.69, 9.17) is 9.26 Å². The van der Waals surface area contributed by atoms with Gasteiger partial charge in [-0.3, -0.25) is 9.10 Å². The van der Waals surface area contributed by atoms with Crippen LogP contribution in [0.2, 0.25) is 0 Å². The fraction of sp³-hybridized carbons (Fsp3) is 0.375. The third-order valence-electron chi connectivity index (χ3n) is 3.88. The van der Waals surface area contributed by atoms with Gasteiger partial charge in [-0.25, -0.2) is 8.42 Å². The van der Waals surface area contributed by atoms with Crippen LogP contribution >= 0.6 is 0 Å². The SMILES string of the molecule is COc1cc(CCC(=O)Nc2ccc(N3CCCS3(=O)=O)cc2)on1. The van der Waals surface area contributed by atoms with E-state index in [0.717, 1.165) is 0 Å². The number of carbonyl (C=O) groups excluding carboxylic acids is 1. The number of carbonyl (C=O) groups is 1. The number of benzene rings is 1. The molecule has 1 amide bonds. The number of amides is 1. The maximum atomic E-state index is 12.0. The van der Waals surface area contributed by atoms with Gasteiger partial charge in [0.05, 0.1) is 18.6 Å². The predicted octanol–water partition coefficient (Wildman–Crippen LogP) is 1.79. The maximum absolute atomic E-state index is 12.0. The first-order valence-electron chi connectivity index (χ1n) is 7.88. The van der Waals surface area contributed by atoms with Crippen LogP contribution in [0.4, 0.5) is 11.4 Å². The summed E-state index contributed by atoms with van der Waals surface area (Å²) in [6.07, 6.45) is 1.28. The molecule has 134 valence electrons. The molecule has 2 heterocycles. The van der Waals surface area contributed by atoms with Crippen molar-refractivity contribution in [1.29, 1.82) is 0 Å². The number of hydrogen-bond acceptors (Lipinski definition) is 6. The molecule has 25 heavy (non-hydrogen) atoms. The molecule has 0 atom stereocenters. The number of aryl methyl sites for hydroxylation is 1. The van der Waals surface area contributed by atoms with Gasteiger partial charge in [0, 0.05) is 31.1 Å². The van der Waals surface area contributed by atoms with Gasteiger partial charge in [-0.1, -0.05) is 0 Å². The van der Waals surface area contributed by atoms with E-state index in [1.54, 1.807) is 30.3 Å². The Kier molecular flexibility index (Phi) is 4.93. The third-order valence-corrected chi connectivity index (χ3v) is 5.75. The molecule has 3 rings (SSSR count). The molecule has 1 aromatic carbocycles. The number of hydrogen-bond donors (Lipinski definition) is 1. The molecule has 1 N–H and O–H groups in total. The van der Waals surface area contributed by atoms with Gasteiger partial charge in [0.1, 0.15) is 5.76 Å². The summed E-state index contributed by atoms with van der Waals surface area (Å²) in [7, 11) is -1.70. The quantitative estimate of drug-likeness (QED) is 0.837. The van der Waals surface area contributed by atoms with E-state index in [2.05, 4.69) is 10.5 Å². The van der Waals surface area contributed by atoms with Crippen LogP contribution in [0.15, 0.2) is 34.9 Å². The van der Waals surface area contributed by atoms with Gasteiger partial charge in [-0.05, 0) is 35.8 Å². The second-order valence-electron chi connectivity index (χ2n) is 5.67. The standard InChI is InChI=1S/C16H19N3O5S/c1-23-16-11-14(24-18-16)7-8-15(20)17-12-3-5-13(6-4-12)19-9-2-10-25(19,21)22/h3-6,11H,2,7-10H2,1H3,(H,17,20). The van der Waals surface area contributed by atoms with Crippen molar-refractivity contribution in [2.24, 2.45) is 0 Å². The maximum Gasteiger partial charge on any atom is 0.254 e. The van der Waals surface area contributed by atoms with Crippen LogP contribution in [-0.4, -0.2) is 38.9 Å². The van der Waals surface area contributed by atoms with Gasteiger partial charge < -0.3 is 14.6 Å². The van der Waals surface area contributed by atoms with Crippen LogP contribution in [0.25, 0.3) is 0 Å². The fourth-order valence-electron chi connectivity index (χ4n) is 2.61. The summed E-state index contributed by atoms with van der Waals surface area (Å²) >= 11 is 0. The number of methoxy groups -OCH3 is 1. The van der Waals surface area contributed by atoms with Crippen molar-refractivity contribution < 1.29 is 22.5 Å². The number of ether oxygens (including phenoxy) is 1. The molecule has 9 heteroatoms. The summed E-state index contributed by atoms with van der Waals surface area (Å²) in [6.45, 7) is 0.495. The lowest BCUT2D eigenvalue weighted by atomic mass is 10.2. The molecular weight excluding hydrogens is 346 g/mol. The monoisotopic (exact) mass is 365 g/mol. The molecule has 8 nitrogen and oxygen atoms in total. The Morgan fingerprint density at radius 3 is 2.72 bits per heavy atom. The highest BCUT2D eigenvalue weighted by Crippen LogP contribution is 2.25. The lowest BCUT2D eigenvalue weighted by Gasteiger charge is -2.17. The normalized spacial score (nSPS) is 16.0. The second-order valence-corrected chi connectivity index (χ2v) is 7.69. The van der Waals surface area contributed by atoms with E-state index in [-0.39, 0.29) is 18.1 Å². The van der Waals surface area contributed by atoms with E-state index in [1.165, 1.54) is 11.4 Å². The van der Waals surface area contributed by atoms with E-state index in [0.29, 0.717) is 42.4 Å². The largest absolute Gasteiger partial charge is 0.479 e. The van der Waals surface area contributed by atoms with E-state index in [1.807, 2.05) is 0 Å². The molecule has 1 saturated heterocycles. The fourth-order valence-corrected chi connectivity index (χ4v) is 4.17. The van der Waals surface area contributed by atoms with Crippen molar-refractivity contribution in [3.05, 3.63) is 36.1 Å². The van der Waals surface area contributed by atoms with Crippen LogP contribution < -0.4 is 14.4 Å². The zero-order chi connectivity index (χ0) is 17.9. The highest BCUT2D eigenvalue weighted by atomic mass is 32.2. The number of nitrogens with one attached hydrogen (secondary N) is 1. The number of rotatable bonds is 6. The summed E-state index contributed by atoms with van der Waals surface area (Å²) in [5.41, 5.74) is 1.23. The summed E-state index contributed by atoms with van der Waals surface area (Å²) in [4.78, 5) is 12.0. The average molecular weight is 365 g/mol. The van der Waals surface area contributed by atoms with Crippen LogP contribution in [0.5, 0.6) is 5.88 Å². The van der Waals surface area contributed by atoms with Crippen molar-refractivity contribution in [3.8, 4) is 5.88 Å². The summed E-state index contributed by atoms with van der Waals surface area (Å²) in [6, 6.07) is 8.41. The molecule has 1 fully saturated rings. The van der Waals surface area contributed by atoms with Gasteiger partial charge in [-0.15, -0.1) is 0 Å². The zero-order valence-corrected chi connectivity index (χ0v) is 14.6. The Labute approximate surface area is 145 Å². The van der Waals surface area contributed by atoms with Crippen molar-refractivity contribution in [1.82, 2.24) is 5.16 Å². The molecule has 0 bridgehead atoms. The van der Waals surface area contributed by atoms with Crippen molar-refractivity contribution >= 4 is 27.3 Å². The van der Waals surface area contributed by atoms with Gasteiger partial charge in [0.2, 0.25) is 15.9 Å². The Hall–Kier alpha value is -2.55. The Morgan fingerprint density at radius 1 is 1.36 bits per heavy atom. The van der Waals surface area contributed by atoms with Crippen molar-refractivity contribution in [3.63, 3.8) is 0 Å². The molecule has 1 aliphatic rings. The van der Waals surface area contributed by atoms with Crippen LogP contribution in [0.1, 0.15) is 18.6 Å². The van der Waals surface area contributed by atoms with E-state index >= 15 is 0 Å². The molecule has 1 aromatic heterocycles. The Morgan fingerprint density at radius 2 is 2.12 bits per heavy atom. The van der Waals surface area contributed by atoms with Crippen LogP contribution in [0, 0.1) is 0 Å². The Bertz CT molecular complexity index is 845. The van der Waals surface area contributed by atoms with Crippen LogP contribution in [0.3, 0.4) is 0 Å². The second kappa shape index (κ2) is 7.14. The highest BCUT2D eigenvalue weighted by molar-refractivity contribution is 7.93. The molecule has 0 aliphatic carbocycles. The highest BCUT2D eigenvalue weighted by Gasteiger charge is 2.28. The molecule has 0 radical (unpaired) electrons. The molecule has 0 spiro atoms. The summed E-state index contributed by atoms with van der Waals surface area (Å²) in [5.74, 6) is 0.958. The molecule has 2 aromatic rings. The first-order valence-corrected chi connectivity index (χ1v) is 9.49. The lowest BCUT2D eigenvalue weighted by Crippen LogP contribution is -2.25. The summed E-state index contributed by atoms with van der Waals surface area (Å²) < 4.78 is 35.1. The number of aromatic nitrogens is 1. The molecule has 1 aliphatic heterocycles. The van der Waals surface area contributed by atoms with Crippen molar-refractivity contribution in [2.75, 3.05) is 29.0 Å². The Balaban J connectivity index is 1.55. The smallest absolute Gasteiger partial charge is 0.254 e. The first-order chi connectivity index (χ1) is 12.0. The molecule has 0 saturated carbocycles. The summed E-state index contributed by atoms with van der Waals surface area (Å²) in [5, 5.41) is 6.44. The van der Waals surface area contributed by atoms with Crippen LogP contribution in [-0.2, 0) is 21.2 Å². The van der Waals surface area contributed by atoms with Gasteiger partial charge in [0.15, 0.2) is 0 Å². The predicted molar refractivity (Wildman–Crippen MR) is 92.2 cm³/mol. The van der Waals surface area contributed by atoms with E-state index in [9.17, 15) is 13.2 Å². The van der Waals surface area contributed by atoms with E-state index < -0.39 is 10.0 Å². The minimum absolute atomic E-state index is 0.170. The lowest BCUT2D eigenvalue weighted by molar-refractivity contribution is -0.116. The van der Waals surface area contributed by atoms with Gasteiger partial charge >= 0.3 is 0 Å². The number of nitrogens with zero attached hydrogens (tertiary/aromatic N) is 2. The average Bonchev–Trinajstić information content (AvgIpc) is 3.19.